The molecule has 0 unspecified atom stereocenters. The summed E-state index contributed by atoms with van der Waals surface area (Å²) in [5.74, 6) is 0.594. The summed E-state index contributed by atoms with van der Waals surface area (Å²) in [6.45, 7) is 4.17. The average molecular weight is 200 g/mol. The number of rotatable bonds is 1. The van der Waals surface area contributed by atoms with E-state index in [9.17, 15) is 5.11 Å². The number of aromatic hydroxyl groups is 1. The van der Waals surface area contributed by atoms with Crippen LogP contribution < -0.4 is 0 Å². The molecule has 1 nitrogen and oxygen atoms in total. The molecule has 3 heteroatoms. The molecule has 0 heterocycles. The predicted octanol–water partition coefficient (Wildman–Crippen LogP) is 3.09. The molecule has 66 valence electrons. The lowest BCUT2D eigenvalue weighted by Crippen LogP contribution is -1.90. The maximum absolute atomic E-state index is 9.28. The Bertz CT molecular complexity index is 295. The number of benzene rings is 1. The molecule has 0 fully saturated rings. The normalized spacial score (nSPS) is 10.8. The summed E-state index contributed by atoms with van der Waals surface area (Å²) >= 11 is 8.43. The van der Waals surface area contributed by atoms with Gasteiger partial charge in [0, 0.05) is 4.90 Å². The average Bonchev–Trinajstić information content (AvgIpc) is 2.00. The van der Waals surface area contributed by atoms with Crippen LogP contribution in [0.25, 0.3) is 0 Å². The fraction of sp³-hybridized carbons (Fsp3) is 0.333. The molecule has 0 saturated heterocycles. The molecule has 0 aromatic heterocycles. The van der Waals surface area contributed by atoms with E-state index >= 15 is 0 Å². The van der Waals surface area contributed by atoms with Gasteiger partial charge < -0.3 is 5.11 Å². The highest BCUT2D eigenvalue weighted by Gasteiger charge is 2.09. The van der Waals surface area contributed by atoms with Gasteiger partial charge in [0.25, 0.3) is 0 Å². The Kier molecular flexibility index (Phi) is 2.96. The van der Waals surface area contributed by atoms with E-state index in [1.54, 1.807) is 6.07 Å². The van der Waals surface area contributed by atoms with Crippen molar-refractivity contribution < 1.29 is 5.11 Å². The fourth-order valence-corrected chi connectivity index (χ4v) is 1.70. The van der Waals surface area contributed by atoms with Gasteiger partial charge in [-0.15, -0.1) is 25.3 Å². The SMILES string of the molecule is CC(C)c1ccc(O)c(S)c1S. The largest absolute Gasteiger partial charge is 0.507 e. The van der Waals surface area contributed by atoms with Crippen LogP contribution in [-0.4, -0.2) is 5.11 Å². The summed E-state index contributed by atoms with van der Waals surface area (Å²) in [6.07, 6.45) is 0. The van der Waals surface area contributed by atoms with Crippen LogP contribution in [0.1, 0.15) is 25.3 Å². The van der Waals surface area contributed by atoms with E-state index in [4.69, 9.17) is 0 Å². The smallest absolute Gasteiger partial charge is 0.130 e. The first-order valence-electron chi connectivity index (χ1n) is 3.77. The van der Waals surface area contributed by atoms with Crippen LogP contribution in [0.2, 0.25) is 0 Å². The standard InChI is InChI=1S/C9H12OS2/c1-5(2)6-3-4-7(10)9(12)8(6)11/h3-5,10-12H,1-2H3. The van der Waals surface area contributed by atoms with Gasteiger partial charge in [0.15, 0.2) is 0 Å². The van der Waals surface area contributed by atoms with Crippen molar-refractivity contribution in [2.75, 3.05) is 0 Å². The third kappa shape index (κ3) is 1.72. The van der Waals surface area contributed by atoms with Crippen molar-refractivity contribution in [3.8, 4) is 5.75 Å². The van der Waals surface area contributed by atoms with Crippen molar-refractivity contribution in [2.45, 2.75) is 29.6 Å². The highest BCUT2D eigenvalue weighted by atomic mass is 32.1. The first-order valence-corrected chi connectivity index (χ1v) is 4.67. The van der Waals surface area contributed by atoms with Gasteiger partial charge in [-0.2, -0.15) is 0 Å². The molecule has 0 amide bonds. The summed E-state index contributed by atoms with van der Waals surface area (Å²) in [7, 11) is 0. The highest BCUT2D eigenvalue weighted by molar-refractivity contribution is 7.83. The summed E-state index contributed by atoms with van der Waals surface area (Å²) in [5, 5.41) is 9.28. The highest BCUT2D eigenvalue weighted by Crippen LogP contribution is 2.34. The number of hydrogen-bond acceptors (Lipinski definition) is 3. The minimum Gasteiger partial charge on any atom is -0.507 e. The second kappa shape index (κ2) is 3.62. The zero-order valence-electron chi connectivity index (χ0n) is 7.07. The molecule has 0 aliphatic heterocycles. The zero-order valence-corrected chi connectivity index (χ0v) is 8.86. The molecule has 0 aliphatic carbocycles. The topological polar surface area (TPSA) is 20.2 Å². The van der Waals surface area contributed by atoms with Crippen LogP contribution in [0.15, 0.2) is 21.9 Å². The van der Waals surface area contributed by atoms with Gasteiger partial charge in [-0.1, -0.05) is 19.9 Å². The molecule has 1 aromatic rings. The lowest BCUT2D eigenvalue weighted by atomic mass is 10.0. The number of thiol groups is 2. The Morgan fingerprint density at radius 2 is 1.75 bits per heavy atom. The van der Waals surface area contributed by atoms with E-state index in [1.165, 1.54) is 0 Å². The first kappa shape index (κ1) is 9.81. The molecule has 0 radical (unpaired) electrons. The Morgan fingerprint density at radius 1 is 1.17 bits per heavy atom. The van der Waals surface area contributed by atoms with Crippen LogP contribution in [0, 0.1) is 0 Å². The summed E-state index contributed by atoms with van der Waals surface area (Å²) in [5.41, 5.74) is 1.11. The minimum absolute atomic E-state index is 0.188. The third-order valence-electron chi connectivity index (χ3n) is 1.78. The van der Waals surface area contributed by atoms with Gasteiger partial charge in [-0.05, 0) is 17.5 Å². The second-order valence-corrected chi connectivity index (χ2v) is 3.92. The molecule has 0 bridgehead atoms. The Hall–Kier alpha value is -0.280. The van der Waals surface area contributed by atoms with E-state index in [1.807, 2.05) is 6.07 Å². The van der Waals surface area contributed by atoms with Crippen molar-refractivity contribution in [2.24, 2.45) is 0 Å². The Balaban J connectivity index is 3.27. The quantitative estimate of drug-likeness (QED) is 0.595. The molecular weight excluding hydrogens is 188 g/mol. The van der Waals surface area contributed by atoms with Crippen molar-refractivity contribution in [1.29, 1.82) is 0 Å². The van der Waals surface area contributed by atoms with Gasteiger partial charge in [0.2, 0.25) is 0 Å². The summed E-state index contributed by atoms with van der Waals surface area (Å²) in [6, 6.07) is 3.53. The molecule has 0 saturated carbocycles. The molecule has 12 heavy (non-hydrogen) atoms. The van der Waals surface area contributed by atoms with Crippen LogP contribution in [0.4, 0.5) is 0 Å². The number of phenolic OH excluding ortho intramolecular Hbond substituents is 1. The predicted molar refractivity (Wildman–Crippen MR) is 56.7 cm³/mol. The molecule has 0 aliphatic rings. The minimum atomic E-state index is 0.188. The maximum Gasteiger partial charge on any atom is 0.130 e. The van der Waals surface area contributed by atoms with E-state index in [0.29, 0.717) is 10.8 Å². The summed E-state index contributed by atoms with van der Waals surface area (Å²) in [4.78, 5) is 1.33. The fourth-order valence-electron chi connectivity index (χ4n) is 1.05. The second-order valence-electron chi connectivity index (χ2n) is 3.03. The van der Waals surface area contributed by atoms with Gasteiger partial charge >= 0.3 is 0 Å². The van der Waals surface area contributed by atoms with Crippen LogP contribution in [-0.2, 0) is 0 Å². The number of phenols is 1. The van der Waals surface area contributed by atoms with E-state index in [-0.39, 0.29) is 5.75 Å². The van der Waals surface area contributed by atoms with Gasteiger partial charge in [0.05, 0.1) is 4.90 Å². The van der Waals surface area contributed by atoms with Crippen LogP contribution >= 0.6 is 25.3 Å². The number of hydrogen-bond donors (Lipinski definition) is 3. The monoisotopic (exact) mass is 200 g/mol. The molecular formula is C9H12OS2. The van der Waals surface area contributed by atoms with E-state index in [0.717, 1.165) is 10.5 Å². The third-order valence-corrected chi connectivity index (χ3v) is 2.89. The summed E-state index contributed by atoms with van der Waals surface area (Å²) < 4.78 is 0. The zero-order chi connectivity index (χ0) is 9.30. The Labute approximate surface area is 83.6 Å². The van der Waals surface area contributed by atoms with E-state index < -0.39 is 0 Å². The van der Waals surface area contributed by atoms with Crippen molar-refractivity contribution >= 4 is 25.3 Å². The lowest BCUT2D eigenvalue weighted by molar-refractivity contribution is 0.458. The van der Waals surface area contributed by atoms with Crippen LogP contribution in [0.5, 0.6) is 5.75 Å². The van der Waals surface area contributed by atoms with Crippen molar-refractivity contribution in [3.05, 3.63) is 17.7 Å². The molecule has 0 spiro atoms. The molecule has 1 rings (SSSR count). The van der Waals surface area contributed by atoms with Gasteiger partial charge in [-0.3, -0.25) is 0 Å². The van der Waals surface area contributed by atoms with Gasteiger partial charge in [-0.25, -0.2) is 0 Å². The molecule has 1 aromatic carbocycles. The van der Waals surface area contributed by atoms with Crippen LogP contribution in [0.3, 0.4) is 0 Å². The molecule has 1 N–H and O–H groups in total. The van der Waals surface area contributed by atoms with Gasteiger partial charge in [0.1, 0.15) is 5.75 Å². The van der Waals surface area contributed by atoms with Crippen molar-refractivity contribution in [3.63, 3.8) is 0 Å². The van der Waals surface area contributed by atoms with E-state index in [2.05, 4.69) is 39.1 Å². The Morgan fingerprint density at radius 3 is 2.25 bits per heavy atom. The van der Waals surface area contributed by atoms with Crippen molar-refractivity contribution in [1.82, 2.24) is 0 Å². The lowest BCUT2D eigenvalue weighted by Gasteiger charge is -2.11. The maximum atomic E-state index is 9.28. The molecule has 0 atom stereocenters. The first-order chi connectivity index (χ1) is 5.54.